The van der Waals surface area contributed by atoms with Crippen molar-refractivity contribution in [3.05, 3.63) is 30.2 Å². The van der Waals surface area contributed by atoms with Gasteiger partial charge in [-0.15, -0.1) is 0 Å². The number of β-amino-alcohol motifs (C(OH)–C–C–N with tert-alkyl or cyclic N) is 1. The summed E-state index contributed by atoms with van der Waals surface area (Å²) in [6, 6.07) is 3.72. The smallest absolute Gasteiger partial charge is 0.228 e. The summed E-state index contributed by atoms with van der Waals surface area (Å²) in [5, 5.41) is 14.4. The first kappa shape index (κ1) is 17.6. The van der Waals surface area contributed by atoms with Crippen molar-refractivity contribution >= 4 is 5.95 Å². The largest absolute Gasteiger partial charge is 0.478 e. The molecule has 1 fully saturated rings. The van der Waals surface area contributed by atoms with Crippen LogP contribution in [0, 0.1) is 6.92 Å². The number of nitrogens with zero attached hydrogens (tertiary/aromatic N) is 6. The number of aromatic nitrogens is 4. The molecule has 0 amide bonds. The average molecular weight is 346 g/mol. The Morgan fingerprint density at radius 3 is 2.68 bits per heavy atom. The Kier molecular flexibility index (Phi) is 5.83. The summed E-state index contributed by atoms with van der Waals surface area (Å²) in [5.74, 6) is 1.35. The molecule has 0 radical (unpaired) electrons. The number of aliphatic hydroxyl groups excluding tert-OH is 1. The van der Waals surface area contributed by atoms with Crippen molar-refractivity contribution < 1.29 is 9.84 Å². The lowest BCUT2D eigenvalue weighted by Crippen LogP contribution is -2.49. The molecule has 2 aromatic heterocycles. The highest BCUT2D eigenvalue weighted by Crippen LogP contribution is 2.17. The first-order chi connectivity index (χ1) is 12.1. The molecule has 25 heavy (non-hydrogen) atoms. The van der Waals surface area contributed by atoms with E-state index in [1.807, 2.05) is 32.2 Å². The number of piperazine rings is 1. The van der Waals surface area contributed by atoms with Crippen LogP contribution in [-0.4, -0.2) is 75.2 Å². The predicted molar refractivity (Wildman–Crippen MR) is 94.8 cm³/mol. The summed E-state index contributed by atoms with van der Waals surface area (Å²) >= 11 is 0. The molecule has 8 heteroatoms. The fraction of sp³-hybridized carbons (Fsp3) is 0.588. The van der Waals surface area contributed by atoms with Gasteiger partial charge in [-0.05, 0) is 19.9 Å². The molecule has 1 aliphatic rings. The molecule has 8 nitrogen and oxygen atoms in total. The Morgan fingerprint density at radius 1 is 1.20 bits per heavy atom. The normalized spacial score (nSPS) is 16.8. The Bertz CT molecular complexity index is 655. The van der Waals surface area contributed by atoms with Gasteiger partial charge in [-0.3, -0.25) is 9.58 Å². The molecule has 1 aliphatic heterocycles. The highest BCUT2D eigenvalue weighted by Gasteiger charge is 2.21. The maximum absolute atomic E-state index is 10.2. The Balaban J connectivity index is 1.51. The molecule has 136 valence electrons. The van der Waals surface area contributed by atoms with Gasteiger partial charge in [-0.1, -0.05) is 0 Å². The summed E-state index contributed by atoms with van der Waals surface area (Å²) < 4.78 is 7.27. The van der Waals surface area contributed by atoms with Crippen LogP contribution < -0.4 is 9.64 Å². The van der Waals surface area contributed by atoms with Crippen LogP contribution in [0.4, 0.5) is 5.95 Å². The van der Waals surface area contributed by atoms with E-state index < -0.39 is 6.10 Å². The van der Waals surface area contributed by atoms with Crippen LogP contribution in [0.1, 0.15) is 12.6 Å². The molecule has 0 aliphatic carbocycles. The minimum absolute atomic E-state index is 0.425. The zero-order chi connectivity index (χ0) is 17.6. The Hall–Kier alpha value is -2.19. The van der Waals surface area contributed by atoms with Gasteiger partial charge in [0.15, 0.2) is 0 Å². The van der Waals surface area contributed by atoms with Crippen LogP contribution in [0.15, 0.2) is 24.5 Å². The van der Waals surface area contributed by atoms with E-state index in [1.54, 1.807) is 10.9 Å². The van der Waals surface area contributed by atoms with Crippen molar-refractivity contribution in [3.63, 3.8) is 0 Å². The van der Waals surface area contributed by atoms with Crippen molar-refractivity contribution in [2.75, 3.05) is 44.2 Å². The van der Waals surface area contributed by atoms with Crippen molar-refractivity contribution in [2.45, 2.75) is 26.5 Å². The second-order valence-electron chi connectivity index (χ2n) is 6.25. The highest BCUT2D eigenvalue weighted by molar-refractivity contribution is 5.35. The van der Waals surface area contributed by atoms with Crippen LogP contribution >= 0.6 is 0 Å². The molecule has 3 heterocycles. The lowest BCUT2D eigenvalue weighted by molar-refractivity contribution is 0.0919. The third kappa shape index (κ3) is 4.90. The second-order valence-corrected chi connectivity index (χ2v) is 6.25. The Labute approximate surface area is 148 Å². The van der Waals surface area contributed by atoms with Gasteiger partial charge in [0.05, 0.1) is 19.3 Å². The number of aryl methyl sites for hydroxylation is 1. The van der Waals surface area contributed by atoms with E-state index in [9.17, 15) is 5.11 Å². The summed E-state index contributed by atoms with van der Waals surface area (Å²) in [6.07, 6.45) is 3.17. The summed E-state index contributed by atoms with van der Waals surface area (Å²) in [7, 11) is 0. The van der Waals surface area contributed by atoms with Gasteiger partial charge >= 0.3 is 0 Å². The molecule has 3 rings (SSSR count). The van der Waals surface area contributed by atoms with Crippen molar-refractivity contribution in [1.29, 1.82) is 0 Å². The highest BCUT2D eigenvalue weighted by atomic mass is 16.5. The van der Waals surface area contributed by atoms with Crippen LogP contribution in [-0.2, 0) is 6.54 Å². The van der Waals surface area contributed by atoms with Gasteiger partial charge in [0.1, 0.15) is 0 Å². The van der Waals surface area contributed by atoms with E-state index in [2.05, 4.69) is 24.9 Å². The summed E-state index contributed by atoms with van der Waals surface area (Å²) in [5.41, 5.74) is 0.908. The first-order valence-electron chi connectivity index (χ1n) is 8.75. The average Bonchev–Trinajstić information content (AvgIpc) is 3.08. The minimum Gasteiger partial charge on any atom is -0.478 e. The minimum atomic E-state index is -0.425. The lowest BCUT2D eigenvalue weighted by atomic mass is 10.2. The van der Waals surface area contributed by atoms with Crippen LogP contribution in [0.5, 0.6) is 5.88 Å². The van der Waals surface area contributed by atoms with Crippen molar-refractivity contribution in [1.82, 2.24) is 24.6 Å². The number of ether oxygens (including phenoxy) is 1. The van der Waals surface area contributed by atoms with Gasteiger partial charge in [0, 0.05) is 56.9 Å². The van der Waals surface area contributed by atoms with E-state index in [1.165, 1.54) is 0 Å². The maximum atomic E-state index is 10.2. The molecular formula is C17H26N6O2. The van der Waals surface area contributed by atoms with Crippen LogP contribution in [0.2, 0.25) is 0 Å². The van der Waals surface area contributed by atoms with E-state index in [4.69, 9.17) is 4.74 Å². The zero-order valence-electron chi connectivity index (χ0n) is 14.9. The van der Waals surface area contributed by atoms with Gasteiger partial charge in [-0.25, -0.2) is 4.98 Å². The molecular weight excluding hydrogens is 320 g/mol. The predicted octanol–water partition coefficient (Wildman–Crippen LogP) is 0.563. The van der Waals surface area contributed by atoms with Gasteiger partial charge in [-0.2, -0.15) is 10.1 Å². The lowest BCUT2D eigenvalue weighted by Gasteiger charge is -2.35. The van der Waals surface area contributed by atoms with E-state index in [-0.39, 0.29) is 0 Å². The molecule has 0 saturated carbocycles. The number of anilines is 1. The van der Waals surface area contributed by atoms with E-state index in [0.29, 0.717) is 25.6 Å². The number of aliphatic hydroxyl groups is 1. The Morgan fingerprint density at radius 2 is 2.00 bits per heavy atom. The SMILES string of the molecule is CCOc1cc(C)nc(N2CCN(CC(O)Cn3cccn3)CC2)n1. The summed E-state index contributed by atoms with van der Waals surface area (Å²) in [6.45, 7) is 9.08. The topological polar surface area (TPSA) is 79.5 Å². The number of hydrogen-bond donors (Lipinski definition) is 1. The molecule has 2 aromatic rings. The molecule has 0 spiro atoms. The quantitative estimate of drug-likeness (QED) is 0.785. The fourth-order valence-corrected chi connectivity index (χ4v) is 3.00. The van der Waals surface area contributed by atoms with Gasteiger partial charge < -0.3 is 14.7 Å². The second kappa shape index (κ2) is 8.26. The molecule has 1 N–H and O–H groups in total. The first-order valence-corrected chi connectivity index (χ1v) is 8.75. The van der Waals surface area contributed by atoms with Gasteiger partial charge in [0.2, 0.25) is 11.8 Å². The molecule has 1 unspecified atom stereocenters. The van der Waals surface area contributed by atoms with Crippen molar-refractivity contribution in [3.8, 4) is 5.88 Å². The number of rotatable bonds is 7. The molecule has 0 aromatic carbocycles. The van der Waals surface area contributed by atoms with Crippen LogP contribution in [0.3, 0.4) is 0 Å². The van der Waals surface area contributed by atoms with E-state index >= 15 is 0 Å². The van der Waals surface area contributed by atoms with Crippen LogP contribution in [0.25, 0.3) is 0 Å². The monoisotopic (exact) mass is 346 g/mol. The maximum Gasteiger partial charge on any atom is 0.228 e. The third-order valence-electron chi connectivity index (χ3n) is 4.19. The zero-order valence-corrected chi connectivity index (χ0v) is 14.9. The van der Waals surface area contributed by atoms with Gasteiger partial charge in [0.25, 0.3) is 0 Å². The third-order valence-corrected chi connectivity index (χ3v) is 4.19. The van der Waals surface area contributed by atoms with Crippen molar-refractivity contribution in [2.24, 2.45) is 0 Å². The summed E-state index contributed by atoms with van der Waals surface area (Å²) in [4.78, 5) is 13.5. The molecule has 1 atom stereocenters. The van der Waals surface area contributed by atoms with E-state index in [0.717, 1.165) is 37.8 Å². The molecule has 1 saturated heterocycles. The number of hydrogen-bond acceptors (Lipinski definition) is 7. The standard InChI is InChI=1S/C17H26N6O2/c1-3-25-16-11-14(2)19-17(20-16)22-9-7-21(8-10-22)12-15(24)13-23-6-4-5-18-23/h4-6,11,15,24H,3,7-10,12-13H2,1-2H3. The molecule has 0 bridgehead atoms. The fourth-order valence-electron chi connectivity index (χ4n) is 3.00.